The number of methoxy groups -OCH3 is 1. The topological polar surface area (TPSA) is 29.5 Å². The average Bonchev–Trinajstić information content (AvgIpc) is 2.70. The van der Waals surface area contributed by atoms with Gasteiger partial charge in [0.2, 0.25) is 5.91 Å². The van der Waals surface area contributed by atoms with E-state index in [0.717, 1.165) is 15.9 Å². The molecule has 1 aromatic carbocycles. The van der Waals surface area contributed by atoms with Gasteiger partial charge in [0, 0.05) is 24.6 Å². The Balaban J connectivity index is 2.26. The van der Waals surface area contributed by atoms with Gasteiger partial charge < -0.3 is 9.64 Å². The third-order valence-corrected chi connectivity index (χ3v) is 3.56. The molecule has 1 saturated heterocycles. The normalized spacial score (nSPS) is 19.5. The third-order valence-electron chi connectivity index (χ3n) is 2.94. The fraction of sp³-hybridized carbons (Fsp3) is 0.308. The number of rotatable bonds is 3. The van der Waals surface area contributed by atoms with E-state index in [4.69, 9.17) is 4.74 Å². The summed E-state index contributed by atoms with van der Waals surface area (Å²) in [6.45, 7) is 4.45. The van der Waals surface area contributed by atoms with Crippen LogP contribution in [0.2, 0.25) is 0 Å². The van der Waals surface area contributed by atoms with Crippen molar-refractivity contribution in [2.45, 2.75) is 6.42 Å². The van der Waals surface area contributed by atoms with E-state index in [1.807, 2.05) is 24.3 Å². The highest BCUT2D eigenvalue weighted by molar-refractivity contribution is 9.10. The average molecular weight is 296 g/mol. The van der Waals surface area contributed by atoms with Gasteiger partial charge in [-0.15, -0.1) is 6.58 Å². The summed E-state index contributed by atoms with van der Waals surface area (Å²) in [6.07, 6.45) is 2.39. The van der Waals surface area contributed by atoms with Crippen LogP contribution < -0.4 is 9.64 Å². The molecule has 1 aliphatic rings. The molecule has 1 aliphatic heterocycles. The number of nitrogens with zero attached hydrogens (tertiary/aromatic N) is 1. The summed E-state index contributed by atoms with van der Waals surface area (Å²) in [5.74, 6) is 1.16. The molecule has 1 fully saturated rings. The lowest BCUT2D eigenvalue weighted by Crippen LogP contribution is -2.24. The zero-order valence-electron chi connectivity index (χ0n) is 9.65. The molecule has 0 aromatic heterocycles. The van der Waals surface area contributed by atoms with Crippen LogP contribution in [0.15, 0.2) is 35.3 Å². The first-order valence-corrected chi connectivity index (χ1v) is 6.21. The molecule has 1 heterocycles. The summed E-state index contributed by atoms with van der Waals surface area (Å²) >= 11 is 3.42. The highest BCUT2D eigenvalue weighted by Gasteiger charge is 2.28. The number of anilines is 1. The van der Waals surface area contributed by atoms with E-state index < -0.39 is 0 Å². The molecule has 0 spiro atoms. The van der Waals surface area contributed by atoms with Crippen LogP contribution in [0.25, 0.3) is 0 Å². The van der Waals surface area contributed by atoms with Gasteiger partial charge in [0.25, 0.3) is 0 Å². The maximum absolute atomic E-state index is 11.8. The number of halogens is 1. The molecule has 0 aliphatic carbocycles. The molecule has 1 unspecified atom stereocenters. The standard InChI is InChI=1S/C13H14BrNO2/c1-3-9-6-13(16)15(8-9)10-4-5-12(17-2)11(14)7-10/h3-5,7,9H,1,6,8H2,2H3. The molecule has 0 N–H and O–H groups in total. The van der Waals surface area contributed by atoms with Crippen molar-refractivity contribution in [2.24, 2.45) is 5.92 Å². The van der Waals surface area contributed by atoms with E-state index in [1.54, 1.807) is 12.0 Å². The fourth-order valence-electron chi connectivity index (χ4n) is 1.97. The molecule has 0 saturated carbocycles. The van der Waals surface area contributed by atoms with Gasteiger partial charge in [-0.2, -0.15) is 0 Å². The van der Waals surface area contributed by atoms with E-state index in [9.17, 15) is 4.79 Å². The summed E-state index contributed by atoms with van der Waals surface area (Å²) in [5.41, 5.74) is 0.895. The summed E-state index contributed by atoms with van der Waals surface area (Å²) in [5, 5.41) is 0. The fourth-order valence-corrected chi connectivity index (χ4v) is 2.49. The minimum Gasteiger partial charge on any atom is -0.496 e. The predicted octanol–water partition coefficient (Wildman–Crippen LogP) is 3.00. The Morgan fingerprint density at radius 2 is 2.35 bits per heavy atom. The SMILES string of the molecule is C=CC1CC(=O)N(c2ccc(OC)c(Br)c2)C1. The number of carbonyl (C=O) groups is 1. The van der Waals surface area contributed by atoms with Gasteiger partial charge in [0.05, 0.1) is 11.6 Å². The monoisotopic (exact) mass is 295 g/mol. The summed E-state index contributed by atoms with van der Waals surface area (Å²) in [6, 6.07) is 5.66. The molecule has 0 radical (unpaired) electrons. The second kappa shape index (κ2) is 4.92. The molecule has 2 rings (SSSR count). The molecule has 1 atom stereocenters. The largest absolute Gasteiger partial charge is 0.496 e. The Morgan fingerprint density at radius 3 is 2.88 bits per heavy atom. The Hall–Kier alpha value is -1.29. The second-order valence-electron chi connectivity index (χ2n) is 4.02. The number of benzene rings is 1. The van der Waals surface area contributed by atoms with Crippen LogP contribution in [-0.2, 0) is 4.79 Å². The van der Waals surface area contributed by atoms with E-state index in [0.29, 0.717) is 13.0 Å². The van der Waals surface area contributed by atoms with Crippen LogP contribution in [-0.4, -0.2) is 19.6 Å². The number of ether oxygens (including phenoxy) is 1. The molecule has 3 nitrogen and oxygen atoms in total. The third kappa shape index (κ3) is 2.36. The Bertz CT molecular complexity index is 459. The van der Waals surface area contributed by atoms with Crippen LogP contribution >= 0.6 is 15.9 Å². The van der Waals surface area contributed by atoms with Gasteiger partial charge in [0.15, 0.2) is 0 Å². The number of amides is 1. The van der Waals surface area contributed by atoms with Gasteiger partial charge in [-0.25, -0.2) is 0 Å². The van der Waals surface area contributed by atoms with Crippen molar-refractivity contribution in [3.63, 3.8) is 0 Å². The molecule has 0 bridgehead atoms. The quantitative estimate of drug-likeness (QED) is 0.803. The van der Waals surface area contributed by atoms with Gasteiger partial charge in [-0.3, -0.25) is 4.79 Å². The molecule has 90 valence electrons. The van der Waals surface area contributed by atoms with Crippen molar-refractivity contribution < 1.29 is 9.53 Å². The van der Waals surface area contributed by atoms with Crippen LogP contribution in [0.5, 0.6) is 5.75 Å². The first kappa shape index (κ1) is 12.2. The molecule has 4 heteroatoms. The van der Waals surface area contributed by atoms with E-state index >= 15 is 0 Å². The van der Waals surface area contributed by atoms with Gasteiger partial charge in [0.1, 0.15) is 5.75 Å². The summed E-state index contributed by atoms with van der Waals surface area (Å²) in [7, 11) is 1.62. The van der Waals surface area contributed by atoms with Crippen molar-refractivity contribution in [3.05, 3.63) is 35.3 Å². The van der Waals surface area contributed by atoms with Gasteiger partial charge >= 0.3 is 0 Å². The van der Waals surface area contributed by atoms with Crippen LogP contribution in [0.4, 0.5) is 5.69 Å². The molecular formula is C13H14BrNO2. The first-order valence-electron chi connectivity index (χ1n) is 5.42. The van der Waals surface area contributed by atoms with Crippen molar-refractivity contribution >= 4 is 27.5 Å². The smallest absolute Gasteiger partial charge is 0.227 e. The molecule has 1 amide bonds. The van der Waals surface area contributed by atoms with Gasteiger partial charge in [-0.05, 0) is 34.1 Å². The minimum absolute atomic E-state index is 0.145. The maximum atomic E-state index is 11.8. The van der Waals surface area contributed by atoms with Crippen LogP contribution in [0, 0.1) is 5.92 Å². The molecule has 1 aromatic rings. The lowest BCUT2D eigenvalue weighted by molar-refractivity contribution is -0.117. The van der Waals surface area contributed by atoms with Crippen LogP contribution in [0.3, 0.4) is 0 Å². The zero-order valence-corrected chi connectivity index (χ0v) is 11.2. The summed E-state index contributed by atoms with van der Waals surface area (Å²) in [4.78, 5) is 13.6. The first-order chi connectivity index (χ1) is 8.15. The predicted molar refractivity (Wildman–Crippen MR) is 71.4 cm³/mol. The van der Waals surface area contributed by atoms with Crippen molar-refractivity contribution in [3.8, 4) is 5.75 Å². The lowest BCUT2D eigenvalue weighted by atomic mass is 10.1. The molecule has 17 heavy (non-hydrogen) atoms. The number of carbonyl (C=O) groups excluding carboxylic acids is 1. The highest BCUT2D eigenvalue weighted by Crippen LogP contribution is 2.32. The van der Waals surface area contributed by atoms with Crippen molar-refractivity contribution in [1.82, 2.24) is 0 Å². The van der Waals surface area contributed by atoms with Crippen LogP contribution in [0.1, 0.15) is 6.42 Å². The maximum Gasteiger partial charge on any atom is 0.227 e. The minimum atomic E-state index is 0.145. The number of hydrogen-bond acceptors (Lipinski definition) is 2. The van der Waals surface area contributed by atoms with E-state index in [1.165, 1.54) is 0 Å². The zero-order chi connectivity index (χ0) is 12.4. The van der Waals surface area contributed by atoms with E-state index in [2.05, 4.69) is 22.5 Å². The van der Waals surface area contributed by atoms with E-state index in [-0.39, 0.29) is 11.8 Å². The van der Waals surface area contributed by atoms with Crippen molar-refractivity contribution in [1.29, 1.82) is 0 Å². The summed E-state index contributed by atoms with van der Waals surface area (Å²) < 4.78 is 6.02. The Kier molecular flexibility index (Phi) is 3.52. The molecular weight excluding hydrogens is 282 g/mol. The van der Waals surface area contributed by atoms with Crippen molar-refractivity contribution in [2.75, 3.05) is 18.6 Å². The second-order valence-corrected chi connectivity index (χ2v) is 4.88. The lowest BCUT2D eigenvalue weighted by Gasteiger charge is -2.17. The Labute approximate surface area is 109 Å². The number of hydrogen-bond donors (Lipinski definition) is 0. The Morgan fingerprint density at radius 1 is 1.59 bits per heavy atom. The van der Waals surface area contributed by atoms with Gasteiger partial charge in [-0.1, -0.05) is 6.08 Å². The highest BCUT2D eigenvalue weighted by atomic mass is 79.9.